The quantitative estimate of drug-likeness (QED) is 0.600. The van der Waals surface area contributed by atoms with Crippen molar-refractivity contribution in [2.75, 3.05) is 25.3 Å². The molecule has 1 heterocycles. The molecule has 0 saturated heterocycles. The number of rotatable bonds is 6. The lowest BCUT2D eigenvalue weighted by Gasteiger charge is -2.12. The Balaban J connectivity index is 1.72. The van der Waals surface area contributed by atoms with Crippen molar-refractivity contribution in [3.05, 3.63) is 53.1 Å². The first-order valence-electron chi connectivity index (χ1n) is 8.94. The van der Waals surface area contributed by atoms with Crippen LogP contribution in [0.3, 0.4) is 0 Å². The number of fused-ring (bicyclic) bond motifs is 1. The Morgan fingerprint density at radius 1 is 1.00 bits per heavy atom. The van der Waals surface area contributed by atoms with Gasteiger partial charge in [-0.15, -0.1) is 0 Å². The van der Waals surface area contributed by atoms with E-state index in [4.69, 9.17) is 14.5 Å². The maximum atomic E-state index is 12.4. The summed E-state index contributed by atoms with van der Waals surface area (Å²) in [5.41, 5.74) is 5.10. The SMILES string of the molecule is COc1ccc(NC(=O)CSc2nc3cc(C)c(C)cc3cc2C)c(OC)c1. The maximum Gasteiger partial charge on any atom is 0.234 e. The van der Waals surface area contributed by atoms with Crippen molar-refractivity contribution in [1.82, 2.24) is 4.98 Å². The van der Waals surface area contributed by atoms with Crippen LogP contribution in [-0.2, 0) is 4.79 Å². The number of methoxy groups -OCH3 is 2. The number of amides is 1. The number of hydrogen-bond donors (Lipinski definition) is 1. The van der Waals surface area contributed by atoms with Gasteiger partial charge in [0.15, 0.2) is 0 Å². The lowest BCUT2D eigenvalue weighted by atomic mass is 10.1. The minimum absolute atomic E-state index is 0.116. The standard InChI is InChI=1S/C22H24N2O3S/c1-13-8-16-9-15(3)22(24-19(16)10-14(13)2)28-12-21(25)23-18-7-6-17(26-4)11-20(18)27-5/h6-11H,12H2,1-5H3,(H,23,25). The van der Waals surface area contributed by atoms with Gasteiger partial charge in [-0.3, -0.25) is 4.79 Å². The Morgan fingerprint density at radius 2 is 1.71 bits per heavy atom. The monoisotopic (exact) mass is 396 g/mol. The Morgan fingerprint density at radius 3 is 2.43 bits per heavy atom. The molecule has 0 aliphatic heterocycles. The van der Waals surface area contributed by atoms with Gasteiger partial charge in [-0.05, 0) is 67.8 Å². The van der Waals surface area contributed by atoms with Crippen LogP contribution >= 0.6 is 11.8 Å². The van der Waals surface area contributed by atoms with Gasteiger partial charge in [-0.2, -0.15) is 0 Å². The topological polar surface area (TPSA) is 60.5 Å². The number of aryl methyl sites for hydroxylation is 3. The summed E-state index contributed by atoms with van der Waals surface area (Å²) in [4.78, 5) is 17.2. The second-order valence-corrected chi connectivity index (χ2v) is 7.61. The van der Waals surface area contributed by atoms with Crippen LogP contribution < -0.4 is 14.8 Å². The predicted molar refractivity (Wildman–Crippen MR) is 115 cm³/mol. The summed E-state index contributed by atoms with van der Waals surface area (Å²) in [6.07, 6.45) is 0. The summed E-state index contributed by atoms with van der Waals surface area (Å²) in [7, 11) is 3.15. The fourth-order valence-electron chi connectivity index (χ4n) is 2.90. The van der Waals surface area contributed by atoms with E-state index in [0.717, 1.165) is 21.5 Å². The van der Waals surface area contributed by atoms with Gasteiger partial charge in [-0.1, -0.05) is 11.8 Å². The van der Waals surface area contributed by atoms with Gasteiger partial charge in [-0.25, -0.2) is 4.98 Å². The summed E-state index contributed by atoms with van der Waals surface area (Å²) in [6.45, 7) is 6.21. The van der Waals surface area contributed by atoms with Gasteiger partial charge in [0.2, 0.25) is 5.91 Å². The number of benzene rings is 2. The van der Waals surface area contributed by atoms with E-state index >= 15 is 0 Å². The van der Waals surface area contributed by atoms with Crippen LogP contribution in [0.15, 0.2) is 41.4 Å². The molecule has 2 aromatic carbocycles. The number of nitrogens with one attached hydrogen (secondary N) is 1. The number of nitrogens with zero attached hydrogens (tertiary/aromatic N) is 1. The van der Waals surface area contributed by atoms with Gasteiger partial charge in [0.1, 0.15) is 16.5 Å². The van der Waals surface area contributed by atoms with Crippen molar-refractivity contribution in [2.45, 2.75) is 25.8 Å². The fraction of sp³-hybridized carbons (Fsp3) is 0.273. The summed E-state index contributed by atoms with van der Waals surface area (Å²) >= 11 is 1.43. The van der Waals surface area contributed by atoms with Crippen molar-refractivity contribution >= 4 is 34.3 Å². The van der Waals surface area contributed by atoms with E-state index in [1.807, 2.05) is 6.92 Å². The zero-order valence-electron chi connectivity index (χ0n) is 16.8. The van der Waals surface area contributed by atoms with Gasteiger partial charge in [0.05, 0.1) is 31.2 Å². The maximum absolute atomic E-state index is 12.4. The molecule has 6 heteroatoms. The van der Waals surface area contributed by atoms with Crippen molar-refractivity contribution < 1.29 is 14.3 Å². The van der Waals surface area contributed by atoms with Gasteiger partial charge >= 0.3 is 0 Å². The molecule has 1 aromatic heterocycles. The molecule has 3 rings (SSSR count). The molecule has 146 valence electrons. The van der Waals surface area contributed by atoms with Crippen molar-refractivity contribution in [3.8, 4) is 11.5 Å². The third-order valence-electron chi connectivity index (χ3n) is 4.60. The largest absolute Gasteiger partial charge is 0.497 e. The molecule has 5 nitrogen and oxygen atoms in total. The molecule has 0 radical (unpaired) electrons. The number of hydrogen-bond acceptors (Lipinski definition) is 5. The van der Waals surface area contributed by atoms with E-state index in [-0.39, 0.29) is 11.7 Å². The summed E-state index contributed by atoms with van der Waals surface area (Å²) in [5, 5.41) is 4.88. The zero-order chi connectivity index (χ0) is 20.3. The van der Waals surface area contributed by atoms with Crippen molar-refractivity contribution in [3.63, 3.8) is 0 Å². The second kappa shape index (κ2) is 8.52. The predicted octanol–water partition coefficient (Wildman–Crippen LogP) is 4.91. The van der Waals surface area contributed by atoms with Crippen LogP contribution in [0.1, 0.15) is 16.7 Å². The third-order valence-corrected chi connectivity index (χ3v) is 5.69. The molecule has 0 atom stereocenters. The highest BCUT2D eigenvalue weighted by atomic mass is 32.2. The number of pyridine rings is 1. The molecule has 3 aromatic rings. The number of aromatic nitrogens is 1. The lowest BCUT2D eigenvalue weighted by Crippen LogP contribution is -2.15. The third kappa shape index (κ3) is 4.39. The highest BCUT2D eigenvalue weighted by Crippen LogP contribution is 2.30. The van der Waals surface area contributed by atoms with Crippen molar-refractivity contribution in [2.24, 2.45) is 0 Å². The van der Waals surface area contributed by atoms with E-state index in [2.05, 4.69) is 37.4 Å². The van der Waals surface area contributed by atoms with E-state index in [1.54, 1.807) is 32.4 Å². The molecule has 0 spiro atoms. The molecule has 1 amide bonds. The molecule has 0 aliphatic rings. The average molecular weight is 397 g/mol. The van der Waals surface area contributed by atoms with E-state index in [1.165, 1.54) is 22.9 Å². The molecule has 28 heavy (non-hydrogen) atoms. The first-order valence-corrected chi connectivity index (χ1v) is 9.93. The fourth-order valence-corrected chi connectivity index (χ4v) is 3.69. The van der Waals surface area contributed by atoms with Crippen LogP contribution in [0.5, 0.6) is 11.5 Å². The van der Waals surface area contributed by atoms with Crippen LogP contribution in [0.2, 0.25) is 0 Å². The molecular weight excluding hydrogens is 372 g/mol. The Kier molecular flexibility index (Phi) is 6.09. The van der Waals surface area contributed by atoms with Gasteiger partial charge in [0.25, 0.3) is 0 Å². The number of carbonyl (C=O) groups is 1. The van der Waals surface area contributed by atoms with Crippen LogP contribution in [0.25, 0.3) is 10.9 Å². The van der Waals surface area contributed by atoms with Crippen LogP contribution in [0.4, 0.5) is 5.69 Å². The molecule has 0 fully saturated rings. The molecule has 1 N–H and O–H groups in total. The summed E-state index contributed by atoms with van der Waals surface area (Å²) in [6, 6.07) is 11.7. The van der Waals surface area contributed by atoms with E-state index < -0.39 is 0 Å². The molecular formula is C22H24N2O3S. The van der Waals surface area contributed by atoms with Crippen LogP contribution in [0, 0.1) is 20.8 Å². The molecule has 0 bridgehead atoms. The van der Waals surface area contributed by atoms with Crippen LogP contribution in [-0.4, -0.2) is 30.9 Å². The van der Waals surface area contributed by atoms with Crippen molar-refractivity contribution in [1.29, 1.82) is 0 Å². The number of thioether (sulfide) groups is 1. The normalized spacial score (nSPS) is 10.8. The number of ether oxygens (including phenoxy) is 2. The first-order chi connectivity index (χ1) is 13.4. The average Bonchev–Trinajstić information content (AvgIpc) is 2.68. The smallest absolute Gasteiger partial charge is 0.234 e. The molecule has 0 aliphatic carbocycles. The zero-order valence-corrected chi connectivity index (χ0v) is 17.6. The molecule has 0 unspecified atom stereocenters. The van der Waals surface area contributed by atoms with Gasteiger partial charge < -0.3 is 14.8 Å². The first kappa shape index (κ1) is 20.0. The Bertz CT molecular complexity index is 1030. The minimum atomic E-state index is -0.116. The summed E-state index contributed by atoms with van der Waals surface area (Å²) in [5.74, 6) is 1.38. The lowest BCUT2D eigenvalue weighted by molar-refractivity contribution is -0.113. The van der Waals surface area contributed by atoms with Gasteiger partial charge in [0, 0.05) is 11.5 Å². The highest BCUT2D eigenvalue weighted by molar-refractivity contribution is 8.00. The Labute approximate surface area is 169 Å². The molecule has 0 saturated carbocycles. The second-order valence-electron chi connectivity index (χ2n) is 6.64. The van der Waals surface area contributed by atoms with E-state index in [0.29, 0.717) is 17.2 Å². The summed E-state index contributed by atoms with van der Waals surface area (Å²) < 4.78 is 10.5. The Hall–Kier alpha value is -2.73. The number of anilines is 1. The highest BCUT2D eigenvalue weighted by Gasteiger charge is 2.12. The van der Waals surface area contributed by atoms with E-state index in [9.17, 15) is 4.79 Å². The minimum Gasteiger partial charge on any atom is -0.497 e. The number of carbonyl (C=O) groups excluding carboxylic acids is 1.